The van der Waals surface area contributed by atoms with Crippen molar-refractivity contribution in [3.63, 3.8) is 0 Å². The lowest BCUT2D eigenvalue weighted by molar-refractivity contribution is -0.149. The number of carbonyl (C=O) groups is 3. The van der Waals surface area contributed by atoms with E-state index in [0.29, 0.717) is 11.3 Å². The predicted octanol–water partition coefficient (Wildman–Crippen LogP) is 2.42. The third-order valence-corrected chi connectivity index (χ3v) is 4.11. The molecule has 0 saturated heterocycles. The van der Waals surface area contributed by atoms with E-state index < -0.39 is 18.6 Å². The second kappa shape index (κ2) is 7.51. The van der Waals surface area contributed by atoms with Gasteiger partial charge >= 0.3 is 5.97 Å². The highest BCUT2D eigenvalue weighted by atomic mass is 16.4. The predicted molar refractivity (Wildman–Crippen MR) is 94.1 cm³/mol. The fourth-order valence-corrected chi connectivity index (χ4v) is 2.92. The van der Waals surface area contributed by atoms with Crippen molar-refractivity contribution in [1.29, 1.82) is 0 Å². The third kappa shape index (κ3) is 3.90. The Kier molecular flexibility index (Phi) is 5.62. The highest BCUT2D eigenvalue weighted by Crippen LogP contribution is 2.30. The summed E-state index contributed by atoms with van der Waals surface area (Å²) in [6, 6.07) is 8.33. The molecule has 0 aliphatic carbocycles. The third-order valence-electron chi connectivity index (χ3n) is 4.11. The lowest BCUT2D eigenvalue weighted by Gasteiger charge is -2.41. The highest BCUT2D eigenvalue weighted by Gasteiger charge is 2.41. The molecule has 1 heterocycles. The molecule has 2 rings (SSSR count). The average molecular weight is 344 g/mol. The Bertz CT molecular complexity index is 695. The summed E-state index contributed by atoms with van der Waals surface area (Å²) in [7, 11) is 0. The summed E-state index contributed by atoms with van der Waals surface area (Å²) in [6.45, 7) is 6.83. The van der Waals surface area contributed by atoms with E-state index in [9.17, 15) is 19.5 Å². The van der Waals surface area contributed by atoms with Crippen LogP contribution >= 0.6 is 0 Å². The fraction of sp³-hybridized carbons (Fsp3) is 0.421. The molecule has 6 nitrogen and oxygen atoms in total. The van der Waals surface area contributed by atoms with E-state index in [1.54, 1.807) is 32.2 Å². The zero-order valence-electron chi connectivity index (χ0n) is 15.0. The standard InChI is InChI=1S/C19H24N2O4/c1-12(2)17-19(25)20(11-16(22)23)15(14-8-6-5-7-9-14)10-21(17)18(24)13(3)4/h5-10,12-13,17H,11H2,1-4H3,(H,22,23). The van der Waals surface area contributed by atoms with Crippen molar-refractivity contribution in [1.82, 2.24) is 9.80 Å². The molecular formula is C19H24N2O4. The van der Waals surface area contributed by atoms with Crippen molar-refractivity contribution in [2.75, 3.05) is 6.54 Å². The molecule has 1 aromatic carbocycles. The van der Waals surface area contributed by atoms with E-state index in [4.69, 9.17) is 0 Å². The van der Waals surface area contributed by atoms with Crippen LogP contribution in [0.25, 0.3) is 5.70 Å². The Morgan fingerprint density at radius 1 is 1.12 bits per heavy atom. The molecule has 1 aliphatic heterocycles. The quantitative estimate of drug-likeness (QED) is 0.890. The molecule has 25 heavy (non-hydrogen) atoms. The molecule has 0 spiro atoms. The van der Waals surface area contributed by atoms with E-state index >= 15 is 0 Å². The van der Waals surface area contributed by atoms with Crippen molar-refractivity contribution >= 4 is 23.5 Å². The maximum absolute atomic E-state index is 13.1. The molecule has 1 N–H and O–H groups in total. The topological polar surface area (TPSA) is 77.9 Å². The van der Waals surface area contributed by atoms with Gasteiger partial charge in [0.05, 0.1) is 5.70 Å². The van der Waals surface area contributed by atoms with Crippen LogP contribution in [0.3, 0.4) is 0 Å². The Morgan fingerprint density at radius 3 is 2.20 bits per heavy atom. The Morgan fingerprint density at radius 2 is 1.72 bits per heavy atom. The molecule has 0 fully saturated rings. The van der Waals surface area contributed by atoms with Gasteiger partial charge in [-0.1, -0.05) is 58.0 Å². The van der Waals surface area contributed by atoms with Gasteiger partial charge in [-0.15, -0.1) is 0 Å². The Labute approximate surface area is 147 Å². The normalized spacial score (nSPS) is 17.9. The second-order valence-corrected chi connectivity index (χ2v) is 6.79. The van der Waals surface area contributed by atoms with E-state index in [-0.39, 0.29) is 23.7 Å². The van der Waals surface area contributed by atoms with E-state index in [0.717, 1.165) is 0 Å². The van der Waals surface area contributed by atoms with E-state index in [1.165, 1.54) is 9.80 Å². The highest BCUT2D eigenvalue weighted by molar-refractivity contribution is 5.99. The first-order valence-corrected chi connectivity index (χ1v) is 8.36. The first kappa shape index (κ1) is 18.7. The second-order valence-electron chi connectivity index (χ2n) is 6.79. The van der Waals surface area contributed by atoms with Crippen LogP contribution in [0, 0.1) is 11.8 Å². The van der Waals surface area contributed by atoms with Crippen molar-refractivity contribution in [2.24, 2.45) is 11.8 Å². The van der Waals surface area contributed by atoms with Crippen LogP contribution < -0.4 is 0 Å². The lowest BCUT2D eigenvalue weighted by Crippen LogP contribution is -2.56. The van der Waals surface area contributed by atoms with Crippen LogP contribution in [0.5, 0.6) is 0 Å². The molecule has 0 saturated carbocycles. The maximum atomic E-state index is 13.1. The van der Waals surface area contributed by atoms with Gasteiger partial charge in [-0.05, 0) is 11.5 Å². The number of hydrogen-bond donors (Lipinski definition) is 1. The van der Waals surface area contributed by atoms with Crippen molar-refractivity contribution in [3.05, 3.63) is 42.1 Å². The summed E-state index contributed by atoms with van der Waals surface area (Å²) >= 11 is 0. The number of rotatable bonds is 5. The minimum atomic E-state index is -1.10. The van der Waals surface area contributed by atoms with E-state index in [2.05, 4.69) is 0 Å². The number of benzene rings is 1. The Balaban J connectivity index is 2.60. The summed E-state index contributed by atoms with van der Waals surface area (Å²) in [4.78, 5) is 39.7. The monoisotopic (exact) mass is 344 g/mol. The van der Waals surface area contributed by atoms with Gasteiger partial charge in [0.15, 0.2) is 0 Å². The van der Waals surface area contributed by atoms with Crippen molar-refractivity contribution in [2.45, 2.75) is 33.7 Å². The largest absolute Gasteiger partial charge is 0.480 e. The molecule has 0 bridgehead atoms. The summed E-state index contributed by atoms with van der Waals surface area (Å²) in [5.41, 5.74) is 1.12. The van der Waals surface area contributed by atoms with Gasteiger partial charge in [0, 0.05) is 12.1 Å². The number of nitrogens with zero attached hydrogens (tertiary/aromatic N) is 2. The summed E-state index contributed by atoms with van der Waals surface area (Å²) in [6.07, 6.45) is 1.62. The molecule has 134 valence electrons. The smallest absolute Gasteiger partial charge is 0.323 e. The minimum absolute atomic E-state index is 0.139. The van der Waals surface area contributed by atoms with Gasteiger partial charge in [-0.25, -0.2) is 0 Å². The van der Waals surface area contributed by atoms with Crippen LogP contribution in [0.1, 0.15) is 33.3 Å². The summed E-state index contributed by atoms with van der Waals surface area (Å²) < 4.78 is 0. The van der Waals surface area contributed by atoms with Crippen LogP contribution in [0.15, 0.2) is 36.5 Å². The zero-order chi connectivity index (χ0) is 18.7. The molecular weight excluding hydrogens is 320 g/mol. The van der Waals surface area contributed by atoms with Crippen molar-refractivity contribution in [3.8, 4) is 0 Å². The number of aliphatic carboxylic acids is 1. The van der Waals surface area contributed by atoms with Crippen LogP contribution in [0.2, 0.25) is 0 Å². The summed E-state index contributed by atoms with van der Waals surface area (Å²) in [5, 5.41) is 9.23. The summed E-state index contributed by atoms with van der Waals surface area (Å²) in [5.74, 6) is -2.03. The number of carbonyl (C=O) groups excluding carboxylic acids is 2. The first-order chi connectivity index (χ1) is 11.7. The fourth-order valence-electron chi connectivity index (χ4n) is 2.92. The minimum Gasteiger partial charge on any atom is -0.480 e. The number of hydrogen-bond acceptors (Lipinski definition) is 3. The van der Waals surface area contributed by atoms with Gasteiger partial charge in [0.25, 0.3) is 5.91 Å². The van der Waals surface area contributed by atoms with Crippen LogP contribution in [-0.4, -0.2) is 45.3 Å². The number of amides is 2. The molecule has 6 heteroatoms. The molecule has 2 amide bonds. The lowest BCUT2D eigenvalue weighted by atomic mass is 9.96. The van der Waals surface area contributed by atoms with Gasteiger partial charge in [0.1, 0.15) is 12.6 Å². The average Bonchev–Trinajstić information content (AvgIpc) is 2.55. The Hall–Kier alpha value is -2.63. The number of carboxylic acid groups (broad SMARTS) is 1. The maximum Gasteiger partial charge on any atom is 0.323 e. The van der Waals surface area contributed by atoms with Gasteiger partial charge in [-0.2, -0.15) is 0 Å². The van der Waals surface area contributed by atoms with E-state index in [1.807, 2.05) is 32.0 Å². The molecule has 1 aromatic rings. The first-order valence-electron chi connectivity index (χ1n) is 8.36. The van der Waals surface area contributed by atoms with Gasteiger partial charge < -0.3 is 10.0 Å². The molecule has 0 radical (unpaired) electrons. The van der Waals surface area contributed by atoms with Crippen LogP contribution in [-0.2, 0) is 14.4 Å². The molecule has 1 unspecified atom stereocenters. The zero-order valence-corrected chi connectivity index (χ0v) is 15.0. The van der Waals surface area contributed by atoms with Gasteiger partial charge in [-0.3, -0.25) is 19.3 Å². The molecule has 0 aromatic heterocycles. The SMILES string of the molecule is CC(C)C(=O)N1C=C(c2ccccc2)N(CC(=O)O)C(=O)C1C(C)C. The van der Waals surface area contributed by atoms with Crippen molar-refractivity contribution < 1.29 is 19.5 Å². The molecule has 1 aliphatic rings. The van der Waals surface area contributed by atoms with Crippen LogP contribution in [0.4, 0.5) is 0 Å². The number of carboxylic acids is 1. The molecule has 1 atom stereocenters. The van der Waals surface area contributed by atoms with Gasteiger partial charge in [0.2, 0.25) is 5.91 Å².